The van der Waals surface area contributed by atoms with Crippen LogP contribution in [0.3, 0.4) is 0 Å². The van der Waals surface area contributed by atoms with Gasteiger partial charge in [-0.2, -0.15) is 0 Å². The highest BCUT2D eigenvalue weighted by molar-refractivity contribution is 5.44. The first-order valence-electron chi connectivity index (χ1n) is 7.54. The molecule has 1 aliphatic heterocycles. The molecule has 4 nitrogen and oxygen atoms in total. The summed E-state index contributed by atoms with van der Waals surface area (Å²) in [5, 5.41) is 0. The number of aryl methyl sites for hydroxylation is 1. The van der Waals surface area contributed by atoms with Crippen LogP contribution in [0.2, 0.25) is 0 Å². The average molecular weight is 299 g/mol. The Hall–Kier alpha value is -2.20. The van der Waals surface area contributed by atoms with Crippen LogP contribution >= 0.6 is 0 Å². The molecule has 0 saturated carbocycles. The van der Waals surface area contributed by atoms with E-state index in [4.69, 9.17) is 19.9 Å². The van der Waals surface area contributed by atoms with Gasteiger partial charge < -0.3 is 19.9 Å². The molecule has 1 heterocycles. The van der Waals surface area contributed by atoms with E-state index in [0.717, 1.165) is 35.7 Å². The molecule has 2 aromatic carbocycles. The normalized spacial score (nSPS) is 14.5. The molecule has 1 aliphatic rings. The summed E-state index contributed by atoms with van der Waals surface area (Å²) in [7, 11) is 1.67. The topological polar surface area (TPSA) is 53.7 Å². The predicted octanol–water partition coefficient (Wildman–Crippen LogP) is 3.10. The van der Waals surface area contributed by atoms with Crippen LogP contribution in [-0.4, -0.2) is 20.3 Å². The summed E-state index contributed by atoms with van der Waals surface area (Å²) < 4.78 is 16.3. The fourth-order valence-electron chi connectivity index (χ4n) is 2.57. The number of nitrogens with two attached hydrogens (primary N) is 1. The molecule has 3 rings (SSSR count). The van der Waals surface area contributed by atoms with Gasteiger partial charge in [-0.05, 0) is 48.2 Å². The molecule has 0 radical (unpaired) electrons. The van der Waals surface area contributed by atoms with Crippen LogP contribution in [0.4, 0.5) is 0 Å². The summed E-state index contributed by atoms with van der Waals surface area (Å²) in [6.45, 7) is 1.20. The summed E-state index contributed by atoms with van der Waals surface area (Å²) in [6, 6.07) is 14.1. The van der Waals surface area contributed by atoms with E-state index >= 15 is 0 Å². The van der Waals surface area contributed by atoms with Gasteiger partial charge in [-0.15, -0.1) is 0 Å². The zero-order chi connectivity index (χ0) is 15.4. The quantitative estimate of drug-likeness (QED) is 0.921. The Kier molecular flexibility index (Phi) is 4.49. The molecule has 0 aromatic heterocycles. The van der Waals surface area contributed by atoms with Gasteiger partial charge in [-0.1, -0.05) is 18.2 Å². The Labute approximate surface area is 130 Å². The third-order valence-electron chi connectivity index (χ3n) is 3.90. The van der Waals surface area contributed by atoms with Crippen LogP contribution in [0.1, 0.15) is 23.6 Å². The van der Waals surface area contributed by atoms with E-state index in [-0.39, 0.29) is 6.04 Å². The highest BCUT2D eigenvalue weighted by Gasteiger charge is 2.14. The molecule has 116 valence electrons. The zero-order valence-corrected chi connectivity index (χ0v) is 12.7. The molecular weight excluding hydrogens is 278 g/mol. The van der Waals surface area contributed by atoms with E-state index in [1.807, 2.05) is 30.3 Å². The second kappa shape index (κ2) is 6.71. The Morgan fingerprint density at radius 1 is 1.05 bits per heavy atom. The zero-order valence-electron chi connectivity index (χ0n) is 12.7. The van der Waals surface area contributed by atoms with Gasteiger partial charge in [0.15, 0.2) is 11.5 Å². The van der Waals surface area contributed by atoms with E-state index in [0.29, 0.717) is 13.2 Å². The molecule has 0 spiro atoms. The van der Waals surface area contributed by atoms with Gasteiger partial charge in [0.25, 0.3) is 0 Å². The maximum atomic E-state index is 6.31. The van der Waals surface area contributed by atoms with Gasteiger partial charge in [0.05, 0.1) is 7.11 Å². The Morgan fingerprint density at radius 3 is 2.50 bits per heavy atom. The smallest absolute Gasteiger partial charge is 0.161 e. The minimum absolute atomic E-state index is 0.0158. The predicted molar refractivity (Wildman–Crippen MR) is 85.7 cm³/mol. The van der Waals surface area contributed by atoms with Crippen molar-refractivity contribution >= 4 is 0 Å². The van der Waals surface area contributed by atoms with Gasteiger partial charge in [-0.25, -0.2) is 0 Å². The van der Waals surface area contributed by atoms with Crippen molar-refractivity contribution < 1.29 is 14.2 Å². The minimum atomic E-state index is -0.0158. The average Bonchev–Trinajstić information content (AvgIpc) is 2.59. The van der Waals surface area contributed by atoms with E-state index < -0.39 is 0 Å². The highest BCUT2D eigenvalue weighted by Crippen LogP contribution is 2.33. The van der Waals surface area contributed by atoms with Crippen LogP contribution in [0.5, 0.6) is 17.2 Å². The fourth-order valence-corrected chi connectivity index (χ4v) is 2.57. The first-order valence-corrected chi connectivity index (χ1v) is 7.54. The number of hydrogen-bond acceptors (Lipinski definition) is 4. The minimum Gasteiger partial charge on any atom is -0.497 e. The van der Waals surface area contributed by atoms with Crippen molar-refractivity contribution in [1.29, 1.82) is 0 Å². The van der Waals surface area contributed by atoms with Crippen molar-refractivity contribution in [3.63, 3.8) is 0 Å². The monoisotopic (exact) mass is 299 g/mol. The summed E-state index contributed by atoms with van der Waals surface area (Å²) >= 11 is 0. The number of ether oxygens (including phenoxy) is 3. The number of methoxy groups -OCH3 is 1. The van der Waals surface area contributed by atoms with Crippen LogP contribution < -0.4 is 19.9 Å². The molecule has 2 N–H and O–H groups in total. The van der Waals surface area contributed by atoms with Crippen molar-refractivity contribution in [2.75, 3.05) is 20.3 Å². The maximum Gasteiger partial charge on any atom is 0.161 e. The van der Waals surface area contributed by atoms with Crippen molar-refractivity contribution in [3.05, 3.63) is 53.6 Å². The summed E-state index contributed by atoms with van der Waals surface area (Å²) in [6.07, 6.45) is 1.81. The lowest BCUT2D eigenvalue weighted by atomic mass is 9.99. The van der Waals surface area contributed by atoms with Crippen LogP contribution in [-0.2, 0) is 6.42 Å². The lowest BCUT2D eigenvalue weighted by molar-refractivity contribution is 0.171. The first kappa shape index (κ1) is 14.7. The third kappa shape index (κ3) is 3.34. The fraction of sp³-hybridized carbons (Fsp3) is 0.333. The Bertz CT molecular complexity index is 625. The maximum absolute atomic E-state index is 6.31. The number of rotatable bonds is 5. The molecule has 0 fully saturated rings. The molecule has 0 saturated heterocycles. The first-order chi connectivity index (χ1) is 10.8. The van der Waals surface area contributed by atoms with Crippen molar-refractivity contribution in [2.24, 2.45) is 5.73 Å². The van der Waals surface area contributed by atoms with Crippen molar-refractivity contribution in [1.82, 2.24) is 0 Å². The molecule has 1 atom stereocenters. The van der Waals surface area contributed by atoms with Gasteiger partial charge >= 0.3 is 0 Å². The third-order valence-corrected chi connectivity index (χ3v) is 3.90. The molecule has 0 amide bonds. The molecule has 2 aromatic rings. The highest BCUT2D eigenvalue weighted by atomic mass is 16.6. The SMILES string of the molecule is COc1ccc(CC[C@H](N)c2ccc3c(c2)OCCO3)cc1. The molecule has 22 heavy (non-hydrogen) atoms. The number of benzene rings is 2. The Morgan fingerprint density at radius 2 is 1.77 bits per heavy atom. The summed E-state index contributed by atoms with van der Waals surface area (Å²) in [5.74, 6) is 2.47. The van der Waals surface area contributed by atoms with Crippen molar-refractivity contribution in [2.45, 2.75) is 18.9 Å². The summed E-state index contributed by atoms with van der Waals surface area (Å²) in [5.41, 5.74) is 8.65. The molecule has 0 unspecified atom stereocenters. The largest absolute Gasteiger partial charge is 0.497 e. The molecule has 4 heteroatoms. The summed E-state index contributed by atoms with van der Waals surface area (Å²) in [4.78, 5) is 0. The van der Waals surface area contributed by atoms with E-state index in [9.17, 15) is 0 Å². The van der Waals surface area contributed by atoms with Crippen LogP contribution in [0, 0.1) is 0 Å². The van der Waals surface area contributed by atoms with E-state index in [1.54, 1.807) is 7.11 Å². The molecule has 0 bridgehead atoms. The number of fused-ring (bicyclic) bond motifs is 1. The Balaban J connectivity index is 1.62. The van der Waals surface area contributed by atoms with E-state index in [2.05, 4.69) is 12.1 Å². The van der Waals surface area contributed by atoms with Crippen molar-refractivity contribution in [3.8, 4) is 17.2 Å². The lowest BCUT2D eigenvalue weighted by Crippen LogP contribution is -2.17. The molecule has 0 aliphatic carbocycles. The second-order valence-electron chi connectivity index (χ2n) is 5.40. The van der Waals surface area contributed by atoms with Gasteiger partial charge in [0.2, 0.25) is 0 Å². The number of hydrogen-bond donors (Lipinski definition) is 1. The molecular formula is C18H21NO3. The standard InChI is InChI=1S/C18H21NO3/c1-20-15-6-2-13(3-7-15)4-8-16(19)14-5-9-17-18(12-14)22-11-10-21-17/h2-3,5-7,9,12,16H,4,8,10-11,19H2,1H3/t16-/m0/s1. The van der Waals surface area contributed by atoms with Crippen LogP contribution in [0.15, 0.2) is 42.5 Å². The second-order valence-corrected chi connectivity index (χ2v) is 5.40. The van der Waals surface area contributed by atoms with Gasteiger partial charge in [0.1, 0.15) is 19.0 Å². The van der Waals surface area contributed by atoms with Gasteiger partial charge in [0, 0.05) is 6.04 Å². The van der Waals surface area contributed by atoms with Gasteiger partial charge in [-0.3, -0.25) is 0 Å². The van der Waals surface area contributed by atoms with Crippen LogP contribution in [0.25, 0.3) is 0 Å². The van der Waals surface area contributed by atoms with E-state index in [1.165, 1.54) is 5.56 Å². The lowest BCUT2D eigenvalue weighted by Gasteiger charge is -2.20.